The summed E-state index contributed by atoms with van der Waals surface area (Å²) in [6, 6.07) is 0. The molecule has 0 aromatic rings. The first-order chi connectivity index (χ1) is 19.6. The summed E-state index contributed by atoms with van der Waals surface area (Å²) in [5.41, 5.74) is -0.994. The van der Waals surface area contributed by atoms with Crippen molar-refractivity contribution in [2.45, 2.75) is 77.6 Å². The minimum Gasteiger partial charge on any atom is -0.380 e. The molecule has 0 N–H and O–H groups in total. The molecule has 0 aromatic carbocycles. The van der Waals surface area contributed by atoms with Gasteiger partial charge >= 0.3 is 0 Å². The summed E-state index contributed by atoms with van der Waals surface area (Å²) in [6.45, 7) is 14.8. The zero-order valence-electron chi connectivity index (χ0n) is 25.1. The van der Waals surface area contributed by atoms with Crippen LogP contribution in [0.3, 0.4) is 0 Å². The maximum atomic E-state index is 6.45. The Hall–Kier alpha value is -0.0000000000000000139. The molecule has 0 bridgehead atoms. The van der Waals surface area contributed by atoms with Gasteiger partial charge in [0.25, 0.3) is 0 Å². The van der Waals surface area contributed by atoms with Gasteiger partial charge in [-0.15, -0.1) is 0 Å². The monoisotopic (exact) mass is 656 g/mol. The number of rotatable bonds is 14. The van der Waals surface area contributed by atoms with Gasteiger partial charge in [-0.05, 0) is 34.6 Å². The van der Waals surface area contributed by atoms with Gasteiger partial charge in [-0.3, -0.25) is 0 Å². The summed E-state index contributed by atoms with van der Waals surface area (Å²) in [7, 11) is 0. The second-order valence-corrected chi connectivity index (χ2v) is 12.7. The van der Waals surface area contributed by atoms with Crippen LogP contribution in [0.2, 0.25) is 0 Å². The maximum absolute atomic E-state index is 6.45. The van der Waals surface area contributed by atoms with Crippen molar-refractivity contribution in [1.29, 1.82) is 0 Å². The number of hydrogen-bond donors (Lipinski definition) is 0. The normalized spacial score (nSPS) is 35.6. The van der Waals surface area contributed by atoms with Gasteiger partial charge < -0.3 is 56.8 Å². The third kappa shape index (κ3) is 10.8. The van der Waals surface area contributed by atoms with E-state index in [1.54, 1.807) is 0 Å². The van der Waals surface area contributed by atoms with E-state index < -0.39 is 11.2 Å². The third-order valence-electron chi connectivity index (χ3n) is 7.53. The van der Waals surface area contributed by atoms with Crippen LogP contribution in [0.15, 0.2) is 0 Å². The number of ether oxygens (including phenoxy) is 12. The van der Waals surface area contributed by atoms with Crippen molar-refractivity contribution in [3.05, 3.63) is 0 Å². The molecule has 0 aromatic heterocycles. The largest absolute Gasteiger partial charge is 0.380 e. The predicted octanol–water partition coefficient (Wildman–Crippen LogP) is 2.49. The highest BCUT2D eigenvalue weighted by molar-refractivity contribution is 9.09. The quantitative estimate of drug-likeness (QED) is 0.256. The molecule has 4 fully saturated rings. The van der Waals surface area contributed by atoms with E-state index in [4.69, 9.17) is 56.8 Å². The third-order valence-corrected chi connectivity index (χ3v) is 8.72. The summed E-state index contributed by atoms with van der Waals surface area (Å²) in [4.78, 5) is 0. The fraction of sp³-hybridized carbons (Fsp3) is 1.00. The lowest BCUT2D eigenvalue weighted by molar-refractivity contribution is -0.289. The Balaban J connectivity index is 1.44. The van der Waals surface area contributed by atoms with Crippen LogP contribution in [-0.2, 0) is 56.8 Å². The molecule has 0 radical (unpaired) electrons. The van der Waals surface area contributed by atoms with Gasteiger partial charge in [0, 0.05) is 5.33 Å². The van der Waals surface area contributed by atoms with E-state index in [9.17, 15) is 0 Å². The van der Waals surface area contributed by atoms with Crippen LogP contribution in [0.25, 0.3) is 0 Å². The van der Waals surface area contributed by atoms with Gasteiger partial charge in [0.15, 0.2) is 24.7 Å². The molecular weight excluding hydrogens is 608 g/mol. The highest BCUT2D eigenvalue weighted by atomic mass is 79.9. The summed E-state index contributed by atoms with van der Waals surface area (Å²) in [6.07, 6.45) is -1.39. The smallest absolute Gasteiger partial charge is 0.162 e. The van der Waals surface area contributed by atoms with E-state index in [2.05, 4.69) is 15.9 Å². The topological polar surface area (TPSA) is 111 Å². The van der Waals surface area contributed by atoms with Crippen LogP contribution in [0, 0.1) is 10.8 Å². The fourth-order valence-corrected chi connectivity index (χ4v) is 5.07. The van der Waals surface area contributed by atoms with Gasteiger partial charge in [-0.2, -0.15) is 0 Å². The van der Waals surface area contributed by atoms with Crippen molar-refractivity contribution in [3.63, 3.8) is 0 Å². The molecule has 41 heavy (non-hydrogen) atoms. The summed E-state index contributed by atoms with van der Waals surface area (Å²) in [5, 5.41) is 0.672. The molecule has 0 atom stereocenters. The van der Waals surface area contributed by atoms with Crippen molar-refractivity contribution in [1.82, 2.24) is 0 Å². The molecule has 13 heteroatoms. The number of halogens is 1. The van der Waals surface area contributed by atoms with E-state index in [0.29, 0.717) is 91.2 Å². The molecule has 4 rings (SSSR count). The van der Waals surface area contributed by atoms with Gasteiger partial charge in [-0.25, -0.2) is 0 Å². The molecule has 0 aliphatic carbocycles. The van der Waals surface area contributed by atoms with Crippen LogP contribution < -0.4 is 0 Å². The van der Waals surface area contributed by atoms with Crippen LogP contribution in [-0.4, -0.2) is 134 Å². The first-order valence-electron chi connectivity index (χ1n) is 14.6. The Bertz CT molecular complexity index is 674. The number of alkyl halides is 1. The Labute approximate surface area is 252 Å². The highest BCUT2D eigenvalue weighted by Crippen LogP contribution is 2.33. The van der Waals surface area contributed by atoms with Crippen LogP contribution in [0.4, 0.5) is 0 Å². The fourth-order valence-electron chi connectivity index (χ4n) is 4.59. The van der Waals surface area contributed by atoms with Crippen molar-refractivity contribution in [2.75, 3.05) is 91.2 Å². The molecule has 4 aliphatic heterocycles. The van der Waals surface area contributed by atoms with Crippen molar-refractivity contribution < 1.29 is 56.8 Å². The van der Waals surface area contributed by atoms with Gasteiger partial charge in [0.2, 0.25) is 0 Å². The molecular formula is C28H49BrO12. The molecule has 240 valence electrons. The molecule has 0 spiro atoms. The Kier molecular flexibility index (Phi) is 13.1. The molecule has 4 aliphatic rings. The van der Waals surface area contributed by atoms with Crippen molar-refractivity contribution in [2.24, 2.45) is 10.8 Å². The van der Waals surface area contributed by atoms with E-state index in [-0.39, 0.29) is 42.6 Å². The van der Waals surface area contributed by atoms with Crippen LogP contribution in [0.1, 0.15) is 34.6 Å². The molecule has 4 heterocycles. The first kappa shape index (κ1) is 33.9. The highest BCUT2D eigenvalue weighted by Gasteiger charge is 2.42. The minimum atomic E-state index is -0.668. The van der Waals surface area contributed by atoms with Gasteiger partial charge in [-0.1, -0.05) is 15.9 Å². The second kappa shape index (κ2) is 15.8. The minimum absolute atomic E-state index is 0.216. The van der Waals surface area contributed by atoms with Crippen molar-refractivity contribution in [3.8, 4) is 0 Å². The summed E-state index contributed by atoms with van der Waals surface area (Å²) < 4.78 is 71.4. The second-order valence-electron chi connectivity index (χ2n) is 12.1. The lowest BCUT2D eigenvalue weighted by Gasteiger charge is -2.43. The van der Waals surface area contributed by atoms with Crippen LogP contribution >= 0.6 is 15.9 Å². The molecule has 0 amide bonds. The standard InChI is InChI=1S/C28H49BrO12/c1-20-31-6-23(7-32-20)37-15-28(16-38-24-8-33-21(2)34-9-24,17-39-25-10-35-22(3)36-11-25)14-30-13-27(12-29)18-40-26(4,5)41-19-27/h20-25H,6-19H2,1-5H3. The van der Waals surface area contributed by atoms with E-state index in [0.717, 1.165) is 0 Å². The molecule has 12 nitrogen and oxygen atoms in total. The zero-order chi connectivity index (χ0) is 29.3. The summed E-state index contributed by atoms with van der Waals surface area (Å²) >= 11 is 3.65. The lowest BCUT2D eigenvalue weighted by Crippen LogP contribution is -2.51. The molecule has 0 saturated carbocycles. The Morgan fingerprint density at radius 2 is 1.00 bits per heavy atom. The predicted molar refractivity (Wildman–Crippen MR) is 149 cm³/mol. The average molecular weight is 658 g/mol. The first-order valence-corrected chi connectivity index (χ1v) is 15.7. The summed E-state index contributed by atoms with van der Waals surface area (Å²) in [5.74, 6) is -0.615. The van der Waals surface area contributed by atoms with E-state index >= 15 is 0 Å². The molecule has 0 unspecified atom stereocenters. The molecule has 4 saturated heterocycles. The van der Waals surface area contributed by atoms with Crippen molar-refractivity contribution >= 4 is 15.9 Å². The SMILES string of the molecule is CC1OCC(OCC(COCC2(CBr)COC(C)(C)OC2)(COC2COC(C)OC2)COC2COC(C)OC2)CO1. The average Bonchev–Trinajstić information content (AvgIpc) is 2.97. The van der Waals surface area contributed by atoms with E-state index in [1.807, 2.05) is 34.6 Å². The zero-order valence-corrected chi connectivity index (χ0v) is 26.7. The Morgan fingerprint density at radius 3 is 1.34 bits per heavy atom. The number of hydrogen-bond acceptors (Lipinski definition) is 12. The van der Waals surface area contributed by atoms with Gasteiger partial charge in [0.05, 0.1) is 96.7 Å². The van der Waals surface area contributed by atoms with E-state index in [1.165, 1.54) is 0 Å². The lowest BCUT2D eigenvalue weighted by atomic mass is 9.90. The van der Waals surface area contributed by atoms with Gasteiger partial charge in [0.1, 0.15) is 18.3 Å². The van der Waals surface area contributed by atoms with Crippen LogP contribution in [0.5, 0.6) is 0 Å². The maximum Gasteiger partial charge on any atom is 0.162 e. The Morgan fingerprint density at radius 1 is 0.634 bits per heavy atom.